The van der Waals surface area contributed by atoms with E-state index in [1.165, 1.54) is 0 Å². The molecule has 4 rings (SSSR count). The molecule has 1 fully saturated rings. The summed E-state index contributed by atoms with van der Waals surface area (Å²) in [5.74, 6) is 1.16. The second kappa shape index (κ2) is 7.35. The van der Waals surface area contributed by atoms with E-state index in [9.17, 15) is 0 Å². The molecule has 25 heavy (non-hydrogen) atoms. The average molecular weight is 361 g/mol. The van der Waals surface area contributed by atoms with Crippen LogP contribution in [0.5, 0.6) is 0 Å². The van der Waals surface area contributed by atoms with Crippen molar-refractivity contribution >= 4 is 12.4 Å². The maximum absolute atomic E-state index is 5.47. The van der Waals surface area contributed by atoms with E-state index in [-0.39, 0.29) is 18.4 Å². The Kier molecular flexibility index (Phi) is 5.17. The SMILES string of the molecule is Cc1cc(-c2nc(C3CNCCN3C)no2)nn1-c1ccccc1.Cl. The number of aromatic nitrogens is 4. The van der Waals surface area contributed by atoms with Crippen LogP contribution in [-0.2, 0) is 0 Å². The van der Waals surface area contributed by atoms with E-state index in [1.807, 2.05) is 48.0 Å². The van der Waals surface area contributed by atoms with Gasteiger partial charge in [0.2, 0.25) is 0 Å². The lowest BCUT2D eigenvalue weighted by atomic mass is 10.2. The molecule has 1 aliphatic heterocycles. The van der Waals surface area contributed by atoms with Gasteiger partial charge in [-0.05, 0) is 32.2 Å². The third kappa shape index (κ3) is 3.44. The molecule has 1 aliphatic rings. The summed E-state index contributed by atoms with van der Waals surface area (Å²) in [5.41, 5.74) is 2.73. The lowest BCUT2D eigenvalue weighted by Gasteiger charge is -2.30. The monoisotopic (exact) mass is 360 g/mol. The molecule has 0 amide bonds. The van der Waals surface area contributed by atoms with Gasteiger partial charge in [0, 0.05) is 25.3 Å². The third-order valence-electron chi connectivity index (χ3n) is 4.36. The van der Waals surface area contributed by atoms with Crippen LogP contribution in [0.4, 0.5) is 0 Å². The fourth-order valence-corrected chi connectivity index (χ4v) is 2.98. The van der Waals surface area contributed by atoms with E-state index in [1.54, 1.807) is 0 Å². The van der Waals surface area contributed by atoms with Crippen molar-refractivity contribution in [3.63, 3.8) is 0 Å². The second-order valence-corrected chi connectivity index (χ2v) is 6.08. The molecule has 1 atom stereocenters. The Bertz CT molecular complexity index is 831. The van der Waals surface area contributed by atoms with Gasteiger partial charge in [-0.2, -0.15) is 10.1 Å². The van der Waals surface area contributed by atoms with Gasteiger partial charge >= 0.3 is 0 Å². The molecule has 0 bridgehead atoms. The largest absolute Gasteiger partial charge is 0.332 e. The summed E-state index contributed by atoms with van der Waals surface area (Å²) in [6.45, 7) is 4.79. The predicted octanol–water partition coefficient (Wildman–Crippen LogP) is 2.23. The van der Waals surface area contributed by atoms with Crippen molar-refractivity contribution in [3.8, 4) is 17.3 Å². The van der Waals surface area contributed by atoms with Gasteiger partial charge in [0.25, 0.3) is 5.89 Å². The smallest absolute Gasteiger partial charge is 0.278 e. The summed E-state index contributed by atoms with van der Waals surface area (Å²) in [4.78, 5) is 6.80. The molecular weight excluding hydrogens is 340 g/mol. The number of hydrogen-bond donors (Lipinski definition) is 1. The van der Waals surface area contributed by atoms with Crippen LogP contribution in [0, 0.1) is 6.92 Å². The van der Waals surface area contributed by atoms with Crippen LogP contribution in [0.25, 0.3) is 17.3 Å². The molecule has 1 aromatic carbocycles. The predicted molar refractivity (Wildman–Crippen MR) is 97.1 cm³/mol. The van der Waals surface area contributed by atoms with Crippen LogP contribution in [0.15, 0.2) is 40.9 Å². The first-order valence-electron chi connectivity index (χ1n) is 8.09. The van der Waals surface area contributed by atoms with Gasteiger partial charge in [-0.3, -0.25) is 4.90 Å². The number of halogens is 1. The number of para-hydroxylation sites is 1. The first-order chi connectivity index (χ1) is 11.7. The summed E-state index contributed by atoms with van der Waals surface area (Å²) in [7, 11) is 2.08. The minimum absolute atomic E-state index is 0. The molecule has 0 saturated carbocycles. The van der Waals surface area contributed by atoms with E-state index in [2.05, 4.69) is 32.5 Å². The zero-order valence-corrected chi connectivity index (χ0v) is 15.0. The Balaban J connectivity index is 0.00000182. The number of rotatable bonds is 3. The summed E-state index contributed by atoms with van der Waals surface area (Å²) in [6, 6.07) is 12.1. The van der Waals surface area contributed by atoms with E-state index in [0.29, 0.717) is 17.4 Å². The zero-order chi connectivity index (χ0) is 16.5. The van der Waals surface area contributed by atoms with Gasteiger partial charge in [0.15, 0.2) is 11.5 Å². The van der Waals surface area contributed by atoms with E-state index in [0.717, 1.165) is 31.0 Å². The topological polar surface area (TPSA) is 72.0 Å². The minimum Gasteiger partial charge on any atom is -0.332 e. The summed E-state index contributed by atoms with van der Waals surface area (Å²) in [6.07, 6.45) is 0. The number of nitrogens with zero attached hydrogens (tertiary/aromatic N) is 5. The van der Waals surface area contributed by atoms with Crippen LogP contribution in [-0.4, -0.2) is 51.5 Å². The van der Waals surface area contributed by atoms with Crippen LogP contribution in [0.3, 0.4) is 0 Å². The number of nitrogens with one attached hydrogen (secondary N) is 1. The zero-order valence-electron chi connectivity index (χ0n) is 14.2. The highest BCUT2D eigenvalue weighted by molar-refractivity contribution is 5.85. The fourth-order valence-electron chi connectivity index (χ4n) is 2.98. The van der Waals surface area contributed by atoms with Crippen molar-refractivity contribution in [1.29, 1.82) is 0 Å². The van der Waals surface area contributed by atoms with Gasteiger partial charge in [0.1, 0.15) is 0 Å². The molecule has 1 unspecified atom stereocenters. The molecule has 1 N–H and O–H groups in total. The number of piperazine rings is 1. The van der Waals surface area contributed by atoms with Gasteiger partial charge in [-0.25, -0.2) is 4.68 Å². The highest BCUT2D eigenvalue weighted by Gasteiger charge is 2.26. The number of aryl methyl sites for hydroxylation is 1. The Labute approximate surface area is 152 Å². The molecular formula is C17H21ClN6O. The molecule has 2 aromatic heterocycles. The van der Waals surface area contributed by atoms with Gasteiger partial charge in [-0.15, -0.1) is 12.4 Å². The molecule has 3 heterocycles. The lowest BCUT2D eigenvalue weighted by molar-refractivity contribution is 0.190. The second-order valence-electron chi connectivity index (χ2n) is 6.08. The third-order valence-corrected chi connectivity index (χ3v) is 4.36. The molecule has 0 aliphatic carbocycles. The molecule has 7 nitrogen and oxygen atoms in total. The van der Waals surface area contributed by atoms with Crippen LogP contribution in [0.1, 0.15) is 17.6 Å². The van der Waals surface area contributed by atoms with Gasteiger partial charge < -0.3 is 9.84 Å². The standard InChI is InChI=1S/C17H20N6O.ClH/c1-12-10-14(20-23(12)13-6-4-3-5-7-13)17-19-16(21-24-17)15-11-18-8-9-22(15)2;/h3-7,10,15,18H,8-9,11H2,1-2H3;1H. The molecule has 0 spiro atoms. The maximum atomic E-state index is 5.47. The number of benzene rings is 1. The molecule has 132 valence electrons. The molecule has 3 aromatic rings. The average Bonchev–Trinajstić information content (AvgIpc) is 3.23. The molecule has 1 saturated heterocycles. The summed E-state index contributed by atoms with van der Waals surface area (Å²) >= 11 is 0. The minimum atomic E-state index is 0. The van der Waals surface area contributed by atoms with Crippen molar-refractivity contribution in [3.05, 3.63) is 47.9 Å². The number of hydrogen-bond acceptors (Lipinski definition) is 6. The van der Waals surface area contributed by atoms with Crippen LogP contribution in [0.2, 0.25) is 0 Å². The Morgan fingerprint density at radius 3 is 2.80 bits per heavy atom. The molecule has 8 heteroatoms. The van der Waals surface area contributed by atoms with Gasteiger partial charge in [0.05, 0.1) is 11.7 Å². The first-order valence-corrected chi connectivity index (χ1v) is 8.09. The van der Waals surface area contributed by atoms with E-state index >= 15 is 0 Å². The first kappa shape index (κ1) is 17.6. The molecule has 0 radical (unpaired) electrons. The Hall–Kier alpha value is -2.22. The van der Waals surface area contributed by atoms with Crippen molar-refractivity contribution < 1.29 is 4.52 Å². The highest BCUT2D eigenvalue weighted by atomic mass is 35.5. The normalized spacial score (nSPS) is 18.1. The van der Waals surface area contributed by atoms with Gasteiger partial charge in [-0.1, -0.05) is 23.4 Å². The fraction of sp³-hybridized carbons (Fsp3) is 0.353. The Morgan fingerprint density at radius 2 is 2.04 bits per heavy atom. The van der Waals surface area contributed by atoms with E-state index < -0.39 is 0 Å². The quantitative estimate of drug-likeness (QED) is 0.772. The summed E-state index contributed by atoms with van der Waals surface area (Å²) < 4.78 is 7.35. The highest BCUT2D eigenvalue weighted by Crippen LogP contribution is 2.23. The van der Waals surface area contributed by atoms with Crippen LogP contribution >= 0.6 is 12.4 Å². The Morgan fingerprint density at radius 1 is 1.24 bits per heavy atom. The van der Waals surface area contributed by atoms with Crippen LogP contribution < -0.4 is 5.32 Å². The summed E-state index contributed by atoms with van der Waals surface area (Å²) in [5, 5.41) is 12.1. The van der Waals surface area contributed by atoms with Crippen molar-refractivity contribution in [2.24, 2.45) is 0 Å². The van der Waals surface area contributed by atoms with Crippen molar-refractivity contribution in [2.45, 2.75) is 13.0 Å². The lowest BCUT2D eigenvalue weighted by Crippen LogP contribution is -2.44. The van der Waals surface area contributed by atoms with Crippen molar-refractivity contribution in [2.75, 3.05) is 26.7 Å². The van der Waals surface area contributed by atoms with E-state index in [4.69, 9.17) is 4.52 Å². The maximum Gasteiger partial charge on any atom is 0.278 e. The number of likely N-dealkylation sites (N-methyl/N-ethyl adjacent to an activating group) is 1. The van der Waals surface area contributed by atoms with Crippen molar-refractivity contribution in [1.82, 2.24) is 30.1 Å².